The minimum atomic E-state index is -1.37. The molecule has 1 saturated heterocycles. The molecule has 2 aromatic rings. The fourth-order valence-electron chi connectivity index (χ4n) is 2.83. The summed E-state index contributed by atoms with van der Waals surface area (Å²) in [7, 11) is 1.40. The van der Waals surface area contributed by atoms with Crippen molar-refractivity contribution in [2.75, 3.05) is 13.6 Å². The predicted octanol–water partition coefficient (Wildman–Crippen LogP) is 1.55. The number of carbonyl (C=O) groups excluding carboxylic acids is 3. The number of amides is 1. The summed E-state index contributed by atoms with van der Waals surface area (Å²) in [4.78, 5) is 48.6. The molecule has 1 fully saturated rings. The van der Waals surface area contributed by atoms with Crippen LogP contribution in [0.15, 0.2) is 34.7 Å². The lowest BCUT2D eigenvalue weighted by atomic mass is 9.95. The number of nitrogens with zero attached hydrogens (tertiary/aromatic N) is 1. The van der Waals surface area contributed by atoms with Crippen molar-refractivity contribution in [1.82, 2.24) is 4.90 Å². The first kappa shape index (κ1) is 17.5. The standard InChI is InChI=1S/C18H14FNO6/c1-20-8-12(15(22)17(20)23)14(21)16-10(7-13(26-16)18(24)25)6-9-2-4-11(19)5-3-9/h2-5,7,12H,6,8H2,1H3,(H,24,25). The molecule has 3 rings (SSSR count). The van der Waals surface area contributed by atoms with E-state index in [0.717, 1.165) is 4.90 Å². The van der Waals surface area contributed by atoms with Crippen LogP contribution in [0.25, 0.3) is 0 Å². The molecular weight excluding hydrogens is 345 g/mol. The third-order valence-corrected chi connectivity index (χ3v) is 4.20. The number of furan rings is 1. The van der Waals surface area contributed by atoms with Crippen molar-refractivity contribution < 1.29 is 33.1 Å². The summed E-state index contributed by atoms with van der Waals surface area (Å²) in [5, 5.41) is 9.12. The second kappa shape index (κ2) is 6.55. The number of hydrogen-bond acceptors (Lipinski definition) is 5. The van der Waals surface area contributed by atoms with Gasteiger partial charge in [-0.3, -0.25) is 14.4 Å². The molecule has 1 atom stereocenters. The third-order valence-electron chi connectivity index (χ3n) is 4.20. The molecule has 0 radical (unpaired) electrons. The average molecular weight is 359 g/mol. The number of carboxylic acids is 1. The van der Waals surface area contributed by atoms with Gasteiger partial charge in [-0.15, -0.1) is 0 Å². The van der Waals surface area contributed by atoms with Crippen molar-refractivity contribution in [3.63, 3.8) is 0 Å². The Labute approximate surface area is 147 Å². The molecule has 1 aromatic carbocycles. The summed E-state index contributed by atoms with van der Waals surface area (Å²) in [6, 6.07) is 6.67. The highest BCUT2D eigenvalue weighted by Gasteiger charge is 2.43. The monoisotopic (exact) mass is 359 g/mol. The van der Waals surface area contributed by atoms with E-state index in [-0.39, 0.29) is 24.3 Å². The van der Waals surface area contributed by atoms with Crippen molar-refractivity contribution in [2.45, 2.75) is 6.42 Å². The number of hydrogen-bond donors (Lipinski definition) is 1. The molecule has 1 aliphatic heterocycles. The number of carbonyl (C=O) groups is 4. The number of likely N-dealkylation sites (N-methyl/N-ethyl adjacent to an activating group) is 1. The summed E-state index contributed by atoms with van der Waals surface area (Å²) in [6.07, 6.45) is 0.114. The number of rotatable bonds is 5. The smallest absolute Gasteiger partial charge is 0.371 e. The summed E-state index contributed by atoms with van der Waals surface area (Å²) in [5.74, 6) is -6.10. The first-order valence-electron chi connectivity index (χ1n) is 7.72. The molecule has 0 bridgehead atoms. The van der Waals surface area contributed by atoms with Gasteiger partial charge in [0.15, 0.2) is 5.76 Å². The Bertz CT molecular complexity index is 914. The fourth-order valence-corrected chi connectivity index (χ4v) is 2.83. The molecule has 0 spiro atoms. The van der Waals surface area contributed by atoms with Gasteiger partial charge < -0.3 is 14.4 Å². The molecule has 1 amide bonds. The van der Waals surface area contributed by atoms with E-state index in [1.54, 1.807) is 0 Å². The van der Waals surface area contributed by atoms with E-state index in [2.05, 4.69) is 0 Å². The van der Waals surface area contributed by atoms with E-state index < -0.39 is 40.9 Å². The van der Waals surface area contributed by atoms with Gasteiger partial charge in [0.2, 0.25) is 17.3 Å². The van der Waals surface area contributed by atoms with Crippen molar-refractivity contribution >= 4 is 23.4 Å². The van der Waals surface area contributed by atoms with Crippen LogP contribution in [-0.2, 0) is 16.0 Å². The fraction of sp³-hybridized carbons (Fsp3) is 0.222. The van der Waals surface area contributed by atoms with Crippen LogP contribution in [0.3, 0.4) is 0 Å². The molecular formula is C18H14FNO6. The van der Waals surface area contributed by atoms with E-state index >= 15 is 0 Å². The first-order chi connectivity index (χ1) is 12.3. The van der Waals surface area contributed by atoms with Gasteiger partial charge in [0.25, 0.3) is 5.91 Å². The number of benzene rings is 1. The minimum absolute atomic E-state index is 0.0877. The van der Waals surface area contributed by atoms with Gasteiger partial charge in [0.05, 0.1) is 0 Å². The van der Waals surface area contributed by atoms with Gasteiger partial charge in [0.1, 0.15) is 11.7 Å². The van der Waals surface area contributed by atoms with Crippen LogP contribution in [0.4, 0.5) is 4.39 Å². The maximum Gasteiger partial charge on any atom is 0.371 e. The van der Waals surface area contributed by atoms with Crippen LogP contribution in [0, 0.1) is 11.7 Å². The van der Waals surface area contributed by atoms with Crippen molar-refractivity contribution in [1.29, 1.82) is 0 Å². The van der Waals surface area contributed by atoms with Crippen LogP contribution in [0.5, 0.6) is 0 Å². The molecule has 134 valence electrons. The molecule has 1 aromatic heterocycles. The van der Waals surface area contributed by atoms with Crippen LogP contribution in [0.2, 0.25) is 0 Å². The zero-order valence-corrected chi connectivity index (χ0v) is 13.7. The lowest BCUT2D eigenvalue weighted by molar-refractivity contribution is -0.139. The van der Waals surface area contributed by atoms with Crippen LogP contribution in [0.1, 0.15) is 32.2 Å². The Morgan fingerprint density at radius 3 is 2.46 bits per heavy atom. The highest BCUT2D eigenvalue weighted by atomic mass is 19.1. The third kappa shape index (κ3) is 3.13. The van der Waals surface area contributed by atoms with Crippen LogP contribution < -0.4 is 0 Å². The zero-order chi connectivity index (χ0) is 19.0. The van der Waals surface area contributed by atoms with E-state index in [4.69, 9.17) is 9.52 Å². The summed E-state index contributed by atoms with van der Waals surface area (Å²) < 4.78 is 18.2. The SMILES string of the molecule is CN1CC(C(=O)c2oc(C(=O)O)cc2Cc2ccc(F)cc2)C(=O)C1=O. The molecule has 7 nitrogen and oxygen atoms in total. The Hall–Kier alpha value is -3.29. The lowest BCUT2D eigenvalue weighted by Crippen LogP contribution is -2.24. The molecule has 1 N–H and O–H groups in total. The number of Topliss-reactive ketones (excluding diaryl/α,β-unsaturated/α-hetero) is 2. The lowest BCUT2D eigenvalue weighted by Gasteiger charge is -2.08. The van der Waals surface area contributed by atoms with Gasteiger partial charge in [0, 0.05) is 25.6 Å². The largest absolute Gasteiger partial charge is 0.475 e. The number of likely N-dealkylation sites (tertiary alicyclic amines) is 1. The Balaban J connectivity index is 1.96. The van der Waals surface area contributed by atoms with E-state index in [0.29, 0.717) is 5.56 Å². The molecule has 26 heavy (non-hydrogen) atoms. The highest BCUT2D eigenvalue weighted by Crippen LogP contribution is 2.25. The Morgan fingerprint density at radius 2 is 1.92 bits per heavy atom. The second-order valence-electron chi connectivity index (χ2n) is 6.04. The highest BCUT2D eigenvalue weighted by molar-refractivity contribution is 6.43. The van der Waals surface area contributed by atoms with Crippen molar-refractivity contribution in [2.24, 2.45) is 5.92 Å². The molecule has 1 unspecified atom stereocenters. The maximum absolute atomic E-state index is 13.0. The minimum Gasteiger partial charge on any atom is -0.475 e. The van der Waals surface area contributed by atoms with E-state index in [1.165, 1.54) is 37.4 Å². The van der Waals surface area contributed by atoms with Gasteiger partial charge in [-0.25, -0.2) is 9.18 Å². The molecule has 2 heterocycles. The van der Waals surface area contributed by atoms with Crippen LogP contribution >= 0.6 is 0 Å². The molecule has 8 heteroatoms. The summed E-state index contributed by atoms with van der Waals surface area (Å²) in [6.45, 7) is -0.0877. The zero-order valence-electron chi connectivity index (χ0n) is 13.7. The van der Waals surface area contributed by atoms with Gasteiger partial charge in [-0.1, -0.05) is 12.1 Å². The maximum atomic E-state index is 13.0. The Morgan fingerprint density at radius 1 is 1.27 bits per heavy atom. The normalized spacial score (nSPS) is 17.0. The quantitative estimate of drug-likeness (QED) is 0.493. The molecule has 1 aliphatic rings. The van der Waals surface area contributed by atoms with Gasteiger partial charge >= 0.3 is 5.97 Å². The van der Waals surface area contributed by atoms with E-state index in [1.807, 2.05) is 0 Å². The summed E-state index contributed by atoms with van der Waals surface area (Å²) >= 11 is 0. The van der Waals surface area contributed by atoms with Crippen molar-refractivity contribution in [3.05, 3.63) is 58.8 Å². The summed E-state index contributed by atoms with van der Waals surface area (Å²) in [5.41, 5.74) is 0.887. The predicted molar refractivity (Wildman–Crippen MR) is 85.3 cm³/mol. The number of carboxylic acid groups (broad SMARTS) is 1. The number of ketones is 2. The molecule has 0 aliphatic carbocycles. The Kier molecular flexibility index (Phi) is 4.41. The molecule has 0 saturated carbocycles. The van der Waals surface area contributed by atoms with Gasteiger partial charge in [-0.05, 0) is 23.8 Å². The number of halogens is 1. The second-order valence-corrected chi connectivity index (χ2v) is 6.04. The van der Waals surface area contributed by atoms with Crippen molar-refractivity contribution in [3.8, 4) is 0 Å². The first-order valence-corrected chi connectivity index (χ1v) is 7.72. The van der Waals surface area contributed by atoms with E-state index in [9.17, 15) is 23.6 Å². The number of aromatic carboxylic acids is 1. The van der Waals surface area contributed by atoms with Crippen LogP contribution in [-0.4, -0.2) is 47.0 Å². The van der Waals surface area contributed by atoms with Gasteiger partial charge in [-0.2, -0.15) is 0 Å². The topological polar surface area (TPSA) is 105 Å². The average Bonchev–Trinajstić information content (AvgIpc) is 3.13.